The molecule has 3 aromatic rings. The van der Waals surface area contributed by atoms with Gasteiger partial charge in [-0.3, -0.25) is 9.69 Å². The van der Waals surface area contributed by atoms with Crippen LogP contribution in [0.3, 0.4) is 0 Å². The highest BCUT2D eigenvalue weighted by atomic mass is 35.5. The van der Waals surface area contributed by atoms with E-state index in [9.17, 15) is 25.2 Å². The number of hydrogen-bond acceptors (Lipinski definition) is 13. The van der Waals surface area contributed by atoms with Crippen LogP contribution in [0.1, 0.15) is 30.5 Å². The number of morpholine rings is 1. The minimum atomic E-state index is -1.01. The third-order valence-electron chi connectivity index (χ3n) is 8.41. The molecule has 0 radical (unpaired) electrons. The lowest BCUT2D eigenvalue weighted by molar-refractivity contribution is -0.148. The van der Waals surface area contributed by atoms with Crippen LogP contribution in [0.5, 0.6) is 0 Å². The van der Waals surface area contributed by atoms with Gasteiger partial charge in [-0.25, -0.2) is 9.78 Å². The molecule has 3 atom stereocenters. The predicted octanol–water partition coefficient (Wildman–Crippen LogP) is 2.18. The van der Waals surface area contributed by atoms with Gasteiger partial charge in [0.2, 0.25) is 5.95 Å². The molecule has 3 unspecified atom stereocenters. The summed E-state index contributed by atoms with van der Waals surface area (Å²) >= 11 is 7.00. The summed E-state index contributed by atoms with van der Waals surface area (Å²) in [6.07, 6.45) is 3.16. The molecule has 2 aliphatic heterocycles. The number of nitriles is 2. The van der Waals surface area contributed by atoms with Crippen LogP contribution in [-0.2, 0) is 14.3 Å². The number of imidazole rings is 1. The van der Waals surface area contributed by atoms with Crippen molar-refractivity contribution in [1.29, 1.82) is 10.5 Å². The highest BCUT2D eigenvalue weighted by Crippen LogP contribution is 2.39. The number of halogens is 1. The summed E-state index contributed by atoms with van der Waals surface area (Å²) < 4.78 is 11.7. The number of carboxylic acids is 1. The third-order valence-corrected chi connectivity index (χ3v) is 8.81. The van der Waals surface area contributed by atoms with Gasteiger partial charge in [-0.15, -0.1) is 5.10 Å². The standard InChI is InChI=1S/C29H32ClN11O5/c1-45-29(44)36-20-4-5-40(15-19(20)24(27(42)43)39-6-8-46-9-7-39)22-11-16(12-31)10-21(23(22)30)35-28-37-25(34-17-2-3-17)26-33-14-18(13-32)41(26)38-28/h10-11,14,17,19-20,24H,2-9,15H2,1H3,(H,36,44)(H,42,43)(H2,34,35,37,38). The fourth-order valence-electron chi connectivity index (χ4n) is 6.02. The second kappa shape index (κ2) is 13.2. The molecular formula is C29H32ClN11O5. The second-order valence-corrected chi connectivity index (χ2v) is 11.7. The van der Waals surface area contributed by atoms with E-state index in [1.165, 1.54) is 17.8 Å². The van der Waals surface area contributed by atoms with Gasteiger partial charge in [0.15, 0.2) is 17.2 Å². The maximum atomic E-state index is 12.7. The number of fused-ring (bicyclic) bond motifs is 1. The van der Waals surface area contributed by atoms with Crippen LogP contribution >= 0.6 is 11.6 Å². The minimum absolute atomic E-state index is 0.130. The second-order valence-electron chi connectivity index (χ2n) is 11.4. The number of aromatic nitrogens is 4. The summed E-state index contributed by atoms with van der Waals surface area (Å²) in [5.41, 5.74) is 1.79. The Morgan fingerprint density at radius 2 is 1.96 bits per heavy atom. The first kappa shape index (κ1) is 31.1. The van der Waals surface area contributed by atoms with Gasteiger partial charge in [0.05, 0.1) is 54.6 Å². The number of carboxylic acid groups (broad SMARTS) is 1. The van der Waals surface area contributed by atoms with E-state index in [-0.39, 0.29) is 29.3 Å². The zero-order valence-corrected chi connectivity index (χ0v) is 25.7. The molecule has 3 fully saturated rings. The molecule has 17 heteroatoms. The van der Waals surface area contributed by atoms with Crippen molar-refractivity contribution < 1.29 is 24.2 Å². The maximum absolute atomic E-state index is 12.7. The molecule has 2 aromatic heterocycles. The summed E-state index contributed by atoms with van der Waals surface area (Å²) in [5.74, 6) is -0.983. The number of hydrogen-bond donors (Lipinski definition) is 4. The molecule has 1 aliphatic carbocycles. The van der Waals surface area contributed by atoms with E-state index in [1.54, 1.807) is 12.1 Å². The predicted molar refractivity (Wildman–Crippen MR) is 165 cm³/mol. The molecule has 2 saturated heterocycles. The summed E-state index contributed by atoms with van der Waals surface area (Å²) in [4.78, 5) is 37.7. The van der Waals surface area contributed by atoms with E-state index >= 15 is 0 Å². The summed E-state index contributed by atoms with van der Waals surface area (Å²) in [5, 5.41) is 43.9. The first-order chi connectivity index (χ1) is 22.3. The van der Waals surface area contributed by atoms with E-state index in [1.807, 2.05) is 9.80 Å². The Labute approximate surface area is 268 Å². The number of nitrogens with zero attached hydrogens (tertiary/aromatic N) is 8. The largest absolute Gasteiger partial charge is 0.480 e. The Balaban J connectivity index is 1.34. The molecule has 1 amide bonds. The highest BCUT2D eigenvalue weighted by molar-refractivity contribution is 6.36. The zero-order valence-electron chi connectivity index (χ0n) is 24.9. The van der Waals surface area contributed by atoms with Gasteiger partial charge in [0, 0.05) is 44.2 Å². The Morgan fingerprint density at radius 3 is 2.63 bits per heavy atom. The van der Waals surface area contributed by atoms with Crippen molar-refractivity contribution in [3.63, 3.8) is 0 Å². The van der Waals surface area contributed by atoms with Gasteiger partial charge in [0.25, 0.3) is 0 Å². The monoisotopic (exact) mass is 649 g/mol. The molecule has 6 rings (SSSR count). The Kier molecular flexibility index (Phi) is 8.94. The number of ether oxygens (including phenoxy) is 2. The first-order valence-electron chi connectivity index (χ1n) is 14.9. The lowest BCUT2D eigenvalue weighted by atomic mass is 9.84. The van der Waals surface area contributed by atoms with Gasteiger partial charge in [-0.2, -0.15) is 20.0 Å². The maximum Gasteiger partial charge on any atom is 0.407 e. The zero-order chi connectivity index (χ0) is 32.4. The fraction of sp³-hybridized carbons (Fsp3) is 0.483. The van der Waals surface area contributed by atoms with E-state index < -0.39 is 30.1 Å². The van der Waals surface area contributed by atoms with Crippen LogP contribution in [0, 0.1) is 28.6 Å². The Hall–Kier alpha value is -4.90. The van der Waals surface area contributed by atoms with E-state index in [4.69, 9.17) is 21.1 Å². The van der Waals surface area contributed by atoms with Crippen molar-refractivity contribution >= 4 is 52.5 Å². The lowest BCUT2D eigenvalue weighted by Crippen LogP contribution is -2.62. The van der Waals surface area contributed by atoms with Gasteiger partial charge in [-0.05, 0) is 31.4 Å². The molecular weight excluding hydrogens is 618 g/mol. The molecule has 1 saturated carbocycles. The van der Waals surface area contributed by atoms with Gasteiger partial charge >= 0.3 is 12.1 Å². The first-order valence-corrected chi connectivity index (χ1v) is 15.2. The molecule has 4 heterocycles. The number of piperidine rings is 1. The van der Waals surface area contributed by atoms with E-state index in [0.717, 1.165) is 12.8 Å². The average Bonchev–Trinajstić information content (AvgIpc) is 3.78. The summed E-state index contributed by atoms with van der Waals surface area (Å²) in [7, 11) is 1.26. The number of nitrogens with one attached hydrogen (secondary N) is 3. The molecule has 16 nitrogen and oxygen atoms in total. The van der Waals surface area contributed by atoms with E-state index in [2.05, 4.69) is 43.2 Å². The number of benzene rings is 1. The summed E-state index contributed by atoms with van der Waals surface area (Å²) in [6, 6.07) is 6.30. The van der Waals surface area contributed by atoms with Crippen molar-refractivity contribution in [2.75, 3.05) is 62.0 Å². The average molecular weight is 650 g/mol. The molecule has 0 spiro atoms. The van der Waals surface area contributed by atoms with E-state index in [0.29, 0.717) is 67.7 Å². The number of alkyl carbamates (subject to hydrolysis) is 1. The number of carbonyl (C=O) groups excluding carboxylic acids is 1. The SMILES string of the molecule is COC(=O)NC1CCN(c2cc(C#N)cc(Nc3nc(NC4CC4)c4ncc(C#N)n4n3)c2Cl)CC1C(C(=O)O)N1CCOCC1. The molecule has 240 valence electrons. The van der Waals surface area contributed by atoms with Crippen LogP contribution in [0.2, 0.25) is 5.02 Å². The van der Waals surface area contributed by atoms with Crippen molar-refractivity contribution in [1.82, 2.24) is 29.8 Å². The van der Waals surface area contributed by atoms with Crippen molar-refractivity contribution in [2.24, 2.45) is 5.92 Å². The van der Waals surface area contributed by atoms with Crippen LogP contribution in [0.25, 0.3) is 5.65 Å². The summed E-state index contributed by atoms with van der Waals surface area (Å²) in [6.45, 7) is 2.30. The molecule has 4 N–H and O–H groups in total. The van der Waals surface area contributed by atoms with Crippen molar-refractivity contribution in [3.05, 3.63) is 34.6 Å². The molecule has 46 heavy (non-hydrogen) atoms. The lowest BCUT2D eigenvalue weighted by Gasteiger charge is -2.45. The molecule has 3 aliphatic rings. The van der Waals surface area contributed by atoms with Gasteiger partial charge in [-0.1, -0.05) is 11.6 Å². The highest BCUT2D eigenvalue weighted by Gasteiger charge is 2.43. The number of methoxy groups -OCH3 is 1. The number of amides is 1. The van der Waals surface area contributed by atoms with Crippen LogP contribution in [-0.4, -0.2) is 106 Å². The van der Waals surface area contributed by atoms with Crippen molar-refractivity contribution in [3.8, 4) is 12.1 Å². The number of rotatable bonds is 9. The fourth-order valence-corrected chi connectivity index (χ4v) is 6.30. The van der Waals surface area contributed by atoms with Gasteiger partial charge < -0.3 is 35.4 Å². The third kappa shape index (κ3) is 6.41. The smallest absolute Gasteiger partial charge is 0.407 e. The number of aliphatic carboxylic acids is 1. The van der Waals surface area contributed by atoms with Crippen molar-refractivity contribution in [2.45, 2.75) is 37.4 Å². The number of anilines is 4. The van der Waals surface area contributed by atoms with Crippen LogP contribution in [0.4, 0.5) is 27.9 Å². The number of carbonyl (C=O) groups is 2. The van der Waals surface area contributed by atoms with Crippen LogP contribution < -0.4 is 20.9 Å². The molecule has 1 aromatic carbocycles. The topological polar surface area (TPSA) is 206 Å². The normalized spacial score (nSPS) is 20.7. The van der Waals surface area contributed by atoms with Crippen LogP contribution in [0.15, 0.2) is 18.3 Å². The quantitative estimate of drug-likeness (QED) is 0.262. The Morgan fingerprint density at radius 1 is 1.17 bits per heavy atom. The Bertz CT molecular complexity index is 1730. The minimum Gasteiger partial charge on any atom is -0.480 e. The molecule has 0 bridgehead atoms. The van der Waals surface area contributed by atoms with Gasteiger partial charge in [0.1, 0.15) is 12.1 Å².